The van der Waals surface area contributed by atoms with E-state index in [0.717, 1.165) is 0 Å². The third-order valence-corrected chi connectivity index (χ3v) is 12.4. The second-order valence-electron chi connectivity index (χ2n) is 16.6. The zero-order valence-electron chi connectivity index (χ0n) is 35.0. The highest BCUT2D eigenvalue weighted by Crippen LogP contribution is 2.40. The van der Waals surface area contributed by atoms with Crippen LogP contribution >= 0.6 is 11.6 Å². The van der Waals surface area contributed by atoms with E-state index < -0.39 is 65.1 Å². The molecule has 3 fully saturated rings. The molecule has 4 aromatic heterocycles. The van der Waals surface area contributed by atoms with Gasteiger partial charge in [0.15, 0.2) is 24.0 Å². The highest BCUT2D eigenvalue weighted by molar-refractivity contribution is 6.33. The van der Waals surface area contributed by atoms with Crippen LogP contribution in [0.3, 0.4) is 0 Å². The first kappa shape index (κ1) is 43.7. The maximum absolute atomic E-state index is 16.2. The third-order valence-electron chi connectivity index (χ3n) is 12.1. The van der Waals surface area contributed by atoms with E-state index in [-0.39, 0.29) is 89.7 Å². The Hall–Kier alpha value is -5.89. The van der Waals surface area contributed by atoms with Gasteiger partial charge in [0.2, 0.25) is 17.8 Å². The minimum Gasteiger partial charge on any atom is -0.478 e. The van der Waals surface area contributed by atoms with Crippen LogP contribution in [0.5, 0.6) is 5.75 Å². The van der Waals surface area contributed by atoms with Crippen LogP contribution in [-0.2, 0) is 21.4 Å². The van der Waals surface area contributed by atoms with E-state index in [2.05, 4.69) is 36.0 Å². The lowest BCUT2D eigenvalue weighted by Gasteiger charge is -2.41. The summed E-state index contributed by atoms with van der Waals surface area (Å²) in [5.74, 6) is -8.15. The Morgan fingerprint density at radius 2 is 1.81 bits per heavy atom. The number of halogens is 5. The zero-order valence-corrected chi connectivity index (χ0v) is 35.7. The summed E-state index contributed by atoms with van der Waals surface area (Å²) >= 11 is 6.48. The van der Waals surface area contributed by atoms with Crippen molar-refractivity contribution >= 4 is 68.7 Å². The number of aryl methyl sites for hydroxylation is 1. The van der Waals surface area contributed by atoms with Crippen molar-refractivity contribution in [2.45, 2.75) is 69.8 Å². The lowest BCUT2D eigenvalue weighted by molar-refractivity contribution is -0.134. The number of anilines is 3. The Labute approximate surface area is 363 Å². The lowest BCUT2D eigenvalue weighted by Crippen LogP contribution is -2.53. The molecular weight excluding hydrogens is 850 g/mol. The fraction of sp³-hybridized carbons (Fsp3) is 0.476. The Balaban J connectivity index is 0.915. The second kappa shape index (κ2) is 17.3. The molecule has 8 rings (SSSR count). The number of nitrogens with zero attached hydrogens (tertiary/aromatic N) is 8. The number of likely N-dealkylation sites (N-methyl/N-ethyl adjacent to an activating group) is 1. The molecule has 3 amide bonds. The lowest BCUT2D eigenvalue weighted by atomic mass is 9.86. The number of imide groups is 1. The summed E-state index contributed by atoms with van der Waals surface area (Å²) < 4.78 is 72.1. The molecule has 334 valence electrons. The summed E-state index contributed by atoms with van der Waals surface area (Å²) in [5.41, 5.74) is 0.560. The molecule has 0 saturated carbocycles. The Morgan fingerprint density at radius 1 is 1.05 bits per heavy atom. The number of fused-ring (bicyclic) bond motifs is 2. The minimum atomic E-state index is -3.12. The van der Waals surface area contributed by atoms with Crippen molar-refractivity contribution in [3.63, 3.8) is 0 Å². The number of benzene rings is 1. The Bertz CT molecular complexity index is 2690. The predicted octanol–water partition coefficient (Wildman–Crippen LogP) is 5.32. The molecule has 2 atom stereocenters. The van der Waals surface area contributed by atoms with Crippen LogP contribution in [-0.4, -0.2) is 104 Å². The monoisotopic (exact) mass is 895 g/mol. The molecule has 1 unspecified atom stereocenters. The van der Waals surface area contributed by atoms with Gasteiger partial charge in [0.05, 0.1) is 36.2 Å². The fourth-order valence-corrected chi connectivity index (χ4v) is 9.02. The smallest absolute Gasteiger partial charge is 0.294 e. The minimum absolute atomic E-state index is 0.0377. The van der Waals surface area contributed by atoms with Crippen LogP contribution in [0.2, 0.25) is 5.02 Å². The van der Waals surface area contributed by atoms with Crippen LogP contribution in [0.4, 0.5) is 35.0 Å². The van der Waals surface area contributed by atoms with E-state index in [4.69, 9.17) is 16.3 Å². The van der Waals surface area contributed by atoms with Crippen LogP contribution in [0, 0.1) is 17.6 Å². The molecule has 0 spiro atoms. The van der Waals surface area contributed by atoms with Crippen LogP contribution in [0.1, 0.15) is 75.1 Å². The van der Waals surface area contributed by atoms with E-state index in [1.165, 1.54) is 52.8 Å². The fourth-order valence-electron chi connectivity index (χ4n) is 8.88. The van der Waals surface area contributed by atoms with Gasteiger partial charge in [0, 0.05) is 61.9 Å². The van der Waals surface area contributed by atoms with E-state index >= 15 is 17.6 Å². The Kier molecular flexibility index (Phi) is 12.0. The molecule has 3 aliphatic rings. The van der Waals surface area contributed by atoms with Gasteiger partial charge in [-0.15, -0.1) is 0 Å². The number of alkyl halides is 2. The average Bonchev–Trinajstić information content (AvgIpc) is 3.56. The number of rotatable bonds is 11. The molecule has 1 aromatic carbocycles. The first-order valence-electron chi connectivity index (χ1n) is 20.7. The molecule has 0 radical (unpaired) electrons. The summed E-state index contributed by atoms with van der Waals surface area (Å²) in [7, 11) is 2.98. The number of hydrogen-bond acceptors (Lipinski definition) is 12. The first-order valence-corrected chi connectivity index (χ1v) is 21.1. The quantitative estimate of drug-likeness (QED) is 0.115. The van der Waals surface area contributed by atoms with Gasteiger partial charge in [-0.2, -0.15) is 10.1 Å². The van der Waals surface area contributed by atoms with Gasteiger partial charge >= 0.3 is 0 Å². The number of carbonyl (C=O) groups is 3. The van der Waals surface area contributed by atoms with Crippen molar-refractivity contribution in [2.75, 3.05) is 56.6 Å². The molecule has 0 aliphatic carbocycles. The maximum Gasteiger partial charge on any atom is 0.294 e. The van der Waals surface area contributed by atoms with Gasteiger partial charge in [0.25, 0.3) is 17.4 Å². The largest absolute Gasteiger partial charge is 0.478 e. The number of ether oxygens (including phenoxy) is 1. The molecule has 5 aromatic rings. The molecule has 16 nitrogen and oxygen atoms in total. The van der Waals surface area contributed by atoms with Gasteiger partial charge < -0.3 is 25.2 Å². The van der Waals surface area contributed by atoms with Gasteiger partial charge in [0.1, 0.15) is 22.0 Å². The van der Waals surface area contributed by atoms with Crippen molar-refractivity contribution in [2.24, 2.45) is 13.0 Å². The maximum atomic E-state index is 16.2. The summed E-state index contributed by atoms with van der Waals surface area (Å²) in [6, 6.07) is 4.11. The van der Waals surface area contributed by atoms with E-state index in [1.54, 1.807) is 6.07 Å². The van der Waals surface area contributed by atoms with E-state index in [0.29, 0.717) is 42.7 Å². The number of nitrogens with one attached hydrogen (secondary N) is 3. The van der Waals surface area contributed by atoms with Gasteiger partial charge in [-0.1, -0.05) is 11.6 Å². The Morgan fingerprint density at radius 3 is 2.51 bits per heavy atom. The summed E-state index contributed by atoms with van der Waals surface area (Å²) in [6.45, 7) is 3.71. The number of aromatic nitrogens is 6. The normalized spacial score (nSPS) is 19.8. The summed E-state index contributed by atoms with van der Waals surface area (Å²) in [5, 5.41) is 13.0. The standard InChI is InChI=1S/C42H46ClF4N11O5/c1-21(2)58-38-23(14-30(40(58)62)63-19-32(60)48-3)13-25(16-49-38)51-37-28(43)17-50-41(53-37)57-12-9-24(42(46,47)20-57)18-56-10-7-22(8-11-56)33-29(44)15-27-35(54-55(4)36(27)34(33)45)26-5-6-31(59)52-39(26)61/h13-17,21-22,24,26H,5-12,18-20H2,1-4H3,(H,48,60)(H,50,51,53)(H,52,59,61)/t24-,26?/m0/s1. The number of pyridine rings is 2. The van der Waals surface area contributed by atoms with Crippen molar-refractivity contribution in [1.29, 1.82) is 0 Å². The number of piperidine rings is 3. The molecule has 3 N–H and O–H groups in total. The van der Waals surface area contributed by atoms with Crippen molar-refractivity contribution in [3.05, 3.63) is 68.9 Å². The van der Waals surface area contributed by atoms with Crippen LogP contribution in [0.15, 0.2) is 35.4 Å². The summed E-state index contributed by atoms with van der Waals surface area (Å²) in [6.07, 6.45) is 3.93. The van der Waals surface area contributed by atoms with Crippen molar-refractivity contribution < 1.29 is 36.7 Å². The number of amides is 3. The molecule has 63 heavy (non-hydrogen) atoms. The highest BCUT2D eigenvalue weighted by atomic mass is 35.5. The molecule has 7 heterocycles. The predicted molar refractivity (Wildman–Crippen MR) is 226 cm³/mol. The van der Waals surface area contributed by atoms with Crippen molar-refractivity contribution in [3.8, 4) is 5.75 Å². The summed E-state index contributed by atoms with van der Waals surface area (Å²) in [4.78, 5) is 65.8. The number of carbonyl (C=O) groups excluding carboxylic acids is 3. The van der Waals surface area contributed by atoms with Crippen LogP contribution in [0.25, 0.3) is 21.9 Å². The van der Waals surface area contributed by atoms with Crippen molar-refractivity contribution in [1.82, 2.24) is 44.8 Å². The van der Waals surface area contributed by atoms with Gasteiger partial charge in [-0.05, 0) is 76.7 Å². The average molecular weight is 896 g/mol. The molecule has 0 bridgehead atoms. The highest BCUT2D eigenvalue weighted by Gasteiger charge is 2.46. The SMILES string of the molecule is CNC(=O)COc1cc2cc(Nc3nc(N4CC[C@@H](CN5CCC(c6c(F)cc7c(C8CCC(=O)NC8=O)nn(C)c7c6F)CC5)C(F)(F)C4)ncc3Cl)cnc2n(C(C)C)c1=O. The van der Waals surface area contributed by atoms with E-state index in [1.807, 2.05) is 18.7 Å². The van der Waals surface area contributed by atoms with Gasteiger partial charge in [-0.3, -0.25) is 33.7 Å². The van der Waals surface area contributed by atoms with Crippen LogP contribution < -0.4 is 31.1 Å². The zero-order chi connectivity index (χ0) is 44.9. The second-order valence-corrected chi connectivity index (χ2v) is 17.0. The molecule has 21 heteroatoms. The molecule has 3 aliphatic heterocycles. The van der Waals surface area contributed by atoms with E-state index in [9.17, 15) is 19.2 Å². The topological polar surface area (TPSA) is 181 Å². The molecular formula is C42H46ClF4N11O5. The van der Waals surface area contributed by atoms with Gasteiger partial charge in [-0.25, -0.2) is 27.5 Å². The number of likely N-dealkylation sites (tertiary alicyclic amines) is 1. The number of hydrogen-bond donors (Lipinski definition) is 3. The third kappa shape index (κ3) is 8.61. The first-order chi connectivity index (χ1) is 30.0. The molecule has 3 saturated heterocycles.